The number of primary amides is 1. The van der Waals surface area contributed by atoms with E-state index in [4.69, 9.17) is 5.73 Å². The summed E-state index contributed by atoms with van der Waals surface area (Å²) in [6.07, 6.45) is 4.42. The van der Waals surface area contributed by atoms with Crippen molar-refractivity contribution in [2.24, 2.45) is 5.73 Å². The molecule has 2 aliphatic rings. The molecule has 3 heterocycles. The van der Waals surface area contributed by atoms with Crippen molar-refractivity contribution in [1.29, 1.82) is 0 Å². The highest BCUT2D eigenvalue weighted by Crippen LogP contribution is 2.27. The summed E-state index contributed by atoms with van der Waals surface area (Å²) in [7, 11) is 0. The lowest BCUT2D eigenvalue weighted by molar-refractivity contribution is -0.385. The Morgan fingerprint density at radius 1 is 1.43 bits per heavy atom. The fourth-order valence-electron chi connectivity index (χ4n) is 3.12. The molecule has 0 saturated carbocycles. The molecule has 0 spiro atoms. The Balaban J connectivity index is 1.93. The smallest absolute Gasteiger partial charge is 0.288 e. The second-order valence-corrected chi connectivity index (χ2v) is 5.56. The Hall–Kier alpha value is -2.22. The molecule has 0 radical (unpaired) electrons. The molecule has 1 aromatic heterocycles. The summed E-state index contributed by atoms with van der Waals surface area (Å²) >= 11 is 0. The molecule has 3 rings (SSSR count). The monoisotopic (exact) mass is 291 g/mol. The summed E-state index contributed by atoms with van der Waals surface area (Å²) in [5.41, 5.74) is 5.25. The van der Waals surface area contributed by atoms with Gasteiger partial charge >= 0.3 is 0 Å². The van der Waals surface area contributed by atoms with Gasteiger partial charge in [-0.25, -0.2) is 4.98 Å². The lowest BCUT2D eigenvalue weighted by Crippen LogP contribution is -2.36. The van der Waals surface area contributed by atoms with Crippen molar-refractivity contribution in [2.45, 2.75) is 31.3 Å². The van der Waals surface area contributed by atoms with Crippen LogP contribution in [-0.4, -0.2) is 41.0 Å². The predicted octanol–water partition coefficient (Wildman–Crippen LogP) is 0.419. The van der Waals surface area contributed by atoms with Gasteiger partial charge in [-0.2, -0.15) is 0 Å². The zero-order valence-electron chi connectivity index (χ0n) is 11.5. The van der Waals surface area contributed by atoms with Crippen LogP contribution in [0.3, 0.4) is 0 Å². The molecule has 0 aliphatic carbocycles. The van der Waals surface area contributed by atoms with Gasteiger partial charge in [0, 0.05) is 31.2 Å². The number of carbonyl (C=O) groups is 1. The third-order valence-corrected chi connectivity index (χ3v) is 4.15. The molecule has 2 atom stereocenters. The predicted molar refractivity (Wildman–Crippen MR) is 76.2 cm³/mol. The Labute approximate surface area is 121 Å². The van der Waals surface area contributed by atoms with E-state index in [2.05, 4.69) is 10.3 Å². The molecule has 21 heavy (non-hydrogen) atoms. The Bertz CT molecular complexity index is 591. The van der Waals surface area contributed by atoms with Crippen molar-refractivity contribution in [1.82, 2.24) is 10.3 Å². The average molecular weight is 291 g/mol. The van der Waals surface area contributed by atoms with E-state index in [1.165, 1.54) is 18.7 Å². The Kier molecular flexibility index (Phi) is 3.46. The maximum Gasteiger partial charge on any atom is 0.288 e. The third kappa shape index (κ3) is 2.66. The third-order valence-electron chi connectivity index (χ3n) is 4.15. The van der Waals surface area contributed by atoms with E-state index in [9.17, 15) is 14.9 Å². The summed E-state index contributed by atoms with van der Waals surface area (Å²) in [5, 5.41) is 14.3. The number of pyridine rings is 1. The SMILES string of the molecule is NC(=O)c1cc([N+](=O)[O-])cnc1N1CCC2CCC(C1)N2. The van der Waals surface area contributed by atoms with Crippen molar-refractivity contribution >= 4 is 17.4 Å². The molecule has 2 aliphatic heterocycles. The number of hydrogen-bond donors (Lipinski definition) is 2. The number of aromatic nitrogens is 1. The second kappa shape index (κ2) is 5.28. The van der Waals surface area contributed by atoms with E-state index in [0.717, 1.165) is 25.9 Å². The van der Waals surface area contributed by atoms with Crippen LogP contribution >= 0.6 is 0 Å². The fourth-order valence-corrected chi connectivity index (χ4v) is 3.12. The molecule has 8 nitrogen and oxygen atoms in total. The number of carbonyl (C=O) groups excluding carboxylic acids is 1. The van der Waals surface area contributed by atoms with E-state index in [0.29, 0.717) is 17.9 Å². The normalized spacial score (nSPS) is 24.7. The number of fused-ring (bicyclic) bond motifs is 2. The van der Waals surface area contributed by atoms with Gasteiger partial charge in [-0.3, -0.25) is 14.9 Å². The van der Waals surface area contributed by atoms with Crippen molar-refractivity contribution < 1.29 is 9.72 Å². The molecular weight excluding hydrogens is 274 g/mol. The van der Waals surface area contributed by atoms with Crippen LogP contribution in [0.2, 0.25) is 0 Å². The van der Waals surface area contributed by atoms with Gasteiger partial charge in [-0.05, 0) is 19.3 Å². The van der Waals surface area contributed by atoms with Gasteiger partial charge in [0.15, 0.2) is 0 Å². The van der Waals surface area contributed by atoms with Crippen LogP contribution in [0, 0.1) is 10.1 Å². The highest BCUT2D eigenvalue weighted by atomic mass is 16.6. The van der Waals surface area contributed by atoms with E-state index >= 15 is 0 Å². The standard InChI is InChI=1S/C13H17N5O3/c14-12(19)11-5-10(18(20)21)6-15-13(11)17-4-3-8-1-2-9(7-17)16-8/h5-6,8-9,16H,1-4,7H2,(H2,14,19). The summed E-state index contributed by atoms with van der Waals surface area (Å²) < 4.78 is 0. The second-order valence-electron chi connectivity index (χ2n) is 5.56. The quantitative estimate of drug-likeness (QED) is 0.616. The first-order valence-electron chi connectivity index (χ1n) is 7.00. The molecular formula is C13H17N5O3. The van der Waals surface area contributed by atoms with Crippen LogP contribution in [0.4, 0.5) is 11.5 Å². The van der Waals surface area contributed by atoms with Crippen molar-refractivity contribution in [3.05, 3.63) is 27.9 Å². The maximum atomic E-state index is 11.6. The number of rotatable bonds is 3. The first kappa shape index (κ1) is 13.7. The van der Waals surface area contributed by atoms with Crippen LogP contribution in [0.5, 0.6) is 0 Å². The molecule has 1 amide bonds. The van der Waals surface area contributed by atoms with Gasteiger partial charge in [0.25, 0.3) is 11.6 Å². The van der Waals surface area contributed by atoms with Gasteiger partial charge in [-0.15, -0.1) is 0 Å². The zero-order chi connectivity index (χ0) is 15.0. The van der Waals surface area contributed by atoms with E-state index in [-0.39, 0.29) is 11.3 Å². The highest BCUT2D eigenvalue weighted by molar-refractivity contribution is 5.98. The van der Waals surface area contributed by atoms with Crippen LogP contribution in [0.1, 0.15) is 29.6 Å². The highest BCUT2D eigenvalue weighted by Gasteiger charge is 2.31. The molecule has 8 heteroatoms. The molecule has 0 aromatic carbocycles. The molecule has 2 fully saturated rings. The number of amides is 1. The minimum Gasteiger partial charge on any atom is -0.365 e. The topological polar surface area (TPSA) is 114 Å². The Morgan fingerprint density at radius 3 is 2.90 bits per heavy atom. The van der Waals surface area contributed by atoms with E-state index in [1.54, 1.807) is 0 Å². The van der Waals surface area contributed by atoms with Crippen LogP contribution in [0.25, 0.3) is 0 Å². The lowest BCUT2D eigenvalue weighted by Gasteiger charge is -2.26. The fraction of sp³-hybridized carbons (Fsp3) is 0.538. The Morgan fingerprint density at radius 2 is 2.19 bits per heavy atom. The van der Waals surface area contributed by atoms with Crippen LogP contribution in [-0.2, 0) is 0 Å². The minimum absolute atomic E-state index is 0.113. The molecule has 1 aromatic rings. The molecule has 2 saturated heterocycles. The van der Waals surface area contributed by atoms with Crippen LogP contribution < -0.4 is 16.0 Å². The molecule has 2 unspecified atom stereocenters. The first-order chi connectivity index (χ1) is 10.0. The molecule has 2 bridgehead atoms. The van der Waals surface area contributed by atoms with Crippen molar-refractivity contribution in [3.8, 4) is 0 Å². The number of nitrogens with one attached hydrogen (secondary N) is 1. The molecule has 112 valence electrons. The number of nitro groups is 1. The number of nitrogens with two attached hydrogens (primary N) is 1. The van der Waals surface area contributed by atoms with Gasteiger partial charge in [0.2, 0.25) is 0 Å². The minimum atomic E-state index is -0.691. The maximum absolute atomic E-state index is 11.6. The van der Waals surface area contributed by atoms with Gasteiger partial charge in [-0.1, -0.05) is 0 Å². The van der Waals surface area contributed by atoms with E-state index < -0.39 is 10.8 Å². The average Bonchev–Trinajstić information content (AvgIpc) is 2.77. The largest absolute Gasteiger partial charge is 0.365 e. The number of anilines is 1. The zero-order valence-corrected chi connectivity index (χ0v) is 11.5. The van der Waals surface area contributed by atoms with Crippen LogP contribution in [0.15, 0.2) is 12.3 Å². The molecule has 3 N–H and O–H groups in total. The summed E-state index contributed by atoms with van der Waals surface area (Å²) in [5.74, 6) is -0.244. The summed E-state index contributed by atoms with van der Waals surface area (Å²) in [6, 6.07) is 2.09. The number of hydrogen-bond acceptors (Lipinski definition) is 6. The van der Waals surface area contributed by atoms with Crippen molar-refractivity contribution in [2.75, 3.05) is 18.0 Å². The van der Waals surface area contributed by atoms with Crippen molar-refractivity contribution in [3.63, 3.8) is 0 Å². The number of nitrogens with zero attached hydrogens (tertiary/aromatic N) is 3. The van der Waals surface area contributed by atoms with Gasteiger partial charge in [0.1, 0.15) is 12.0 Å². The van der Waals surface area contributed by atoms with Gasteiger partial charge in [0.05, 0.1) is 10.5 Å². The summed E-state index contributed by atoms with van der Waals surface area (Å²) in [4.78, 5) is 28.0. The first-order valence-corrected chi connectivity index (χ1v) is 7.00. The summed E-state index contributed by atoms with van der Waals surface area (Å²) in [6.45, 7) is 1.50. The lowest BCUT2D eigenvalue weighted by atomic mass is 10.1. The van der Waals surface area contributed by atoms with Gasteiger partial charge < -0.3 is 16.0 Å². The van der Waals surface area contributed by atoms with E-state index in [1.807, 2.05) is 4.90 Å².